The summed E-state index contributed by atoms with van der Waals surface area (Å²) in [4.78, 5) is 39.9. The lowest BCUT2D eigenvalue weighted by Crippen LogP contribution is -2.60. The quantitative estimate of drug-likeness (QED) is 0.646. The van der Waals surface area contributed by atoms with Crippen molar-refractivity contribution in [1.29, 1.82) is 0 Å². The summed E-state index contributed by atoms with van der Waals surface area (Å²) in [5.41, 5.74) is 5.71. The predicted octanol–water partition coefficient (Wildman–Crippen LogP) is 2.14. The maximum Gasteiger partial charge on any atom is 0.326 e. The number of nitrogens with two attached hydrogens (primary N) is 1. The first-order valence-electron chi connectivity index (χ1n) is 11.2. The van der Waals surface area contributed by atoms with Crippen LogP contribution in [0.4, 0.5) is 0 Å². The van der Waals surface area contributed by atoms with Gasteiger partial charge in [-0.25, -0.2) is 4.79 Å². The molecule has 3 aliphatic rings. The number of nitrogens with zero attached hydrogens (tertiary/aromatic N) is 1. The lowest BCUT2D eigenvalue weighted by Gasteiger charge is -2.37. The Morgan fingerprint density at radius 2 is 1.69 bits per heavy atom. The van der Waals surface area contributed by atoms with E-state index in [1.54, 1.807) is 0 Å². The SMILES string of the molecule is CC(C)(C)[C@H](NC(=O)[C@@H](N)C1CCCCC1)C(=O)N1CC2CCCC2C1C(=O)O. The van der Waals surface area contributed by atoms with Crippen LogP contribution in [0.1, 0.15) is 72.1 Å². The molecule has 0 radical (unpaired) electrons. The second-order valence-electron chi connectivity index (χ2n) is 10.4. The lowest BCUT2D eigenvalue weighted by atomic mass is 9.82. The van der Waals surface area contributed by atoms with E-state index < -0.39 is 29.5 Å². The minimum atomic E-state index is -0.939. The fourth-order valence-corrected chi connectivity index (χ4v) is 5.61. The summed E-state index contributed by atoms with van der Waals surface area (Å²) >= 11 is 0. The second-order valence-corrected chi connectivity index (χ2v) is 10.4. The topological polar surface area (TPSA) is 113 Å². The summed E-state index contributed by atoms with van der Waals surface area (Å²) in [6.07, 6.45) is 8.09. The van der Waals surface area contributed by atoms with Gasteiger partial charge in [-0.1, -0.05) is 46.5 Å². The molecule has 2 saturated carbocycles. The monoisotopic (exact) mass is 407 g/mol. The fourth-order valence-electron chi connectivity index (χ4n) is 5.61. The minimum absolute atomic E-state index is 0.0252. The zero-order valence-corrected chi connectivity index (χ0v) is 18.0. The maximum atomic E-state index is 13.5. The first kappa shape index (κ1) is 22.1. The van der Waals surface area contributed by atoms with E-state index in [0.29, 0.717) is 6.54 Å². The van der Waals surface area contributed by atoms with Crippen molar-refractivity contribution in [2.45, 2.75) is 90.3 Å². The molecule has 3 fully saturated rings. The van der Waals surface area contributed by atoms with Crippen LogP contribution in [0.15, 0.2) is 0 Å². The maximum absolute atomic E-state index is 13.5. The van der Waals surface area contributed by atoms with Gasteiger partial charge in [-0.3, -0.25) is 9.59 Å². The molecule has 0 aromatic rings. The molecule has 29 heavy (non-hydrogen) atoms. The zero-order valence-electron chi connectivity index (χ0n) is 18.0. The average molecular weight is 408 g/mol. The van der Waals surface area contributed by atoms with Crippen LogP contribution in [0, 0.1) is 23.2 Å². The van der Waals surface area contributed by atoms with Gasteiger partial charge in [0.25, 0.3) is 0 Å². The number of carboxylic acids is 1. The molecule has 0 aromatic carbocycles. The Morgan fingerprint density at radius 3 is 2.28 bits per heavy atom. The smallest absolute Gasteiger partial charge is 0.326 e. The standard InChI is InChI=1S/C22H37N3O4/c1-22(2,3)18(24-19(26)16(23)13-8-5-4-6-9-13)20(27)25-12-14-10-7-11-15(14)17(25)21(28)29/h13-18H,4-12,23H2,1-3H3,(H,24,26)(H,28,29)/t14?,15?,16-,17?,18+/m0/s1. The Bertz CT molecular complexity index is 638. The molecule has 3 rings (SSSR count). The molecule has 2 aliphatic carbocycles. The summed E-state index contributed by atoms with van der Waals surface area (Å²) in [6.45, 7) is 6.16. The van der Waals surface area contributed by atoms with Gasteiger partial charge in [0, 0.05) is 6.54 Å². The van der Waals surface area contributed by atoms with Gasteiger partial charge in [0.2, 0.25) is 11.8 Å². The minimum Gasteiger partial charge on any atom is -0.480 e. The van der Waals surface area contributed by atoms with Crippen molar-refractivity contribution in [2.75, 3.05) is 6.54 Å². The van der Waals surface area contributed by atoms with E-state index in [2.05, 4.69) is 5.32 Å². The normalized spacial score (nSPS) is 29.9. The summed E-state index contributed by atoms with van der Waals surface area (Å²) < 4.78 is 0. The van der Waals surface area contributed by atoms with Gasteiger partial charge >= 0.3 is 5.97 Å². The van der Waals surface area contributed by atoms with Gasteiger partial charge < -0.3 is 21.1 Å². The van der Waals surface area contributed by atoms with Gasteiger partial charge in [0.15, 0.2) is 0 Å². The highest BCUT2D eigenvalue weighted by atomic mass is 16.4. The molecule has 1 saturated heterocycles. The zero-order chi connectivity index (χ0) is 21.3. The largest absolute Gasteiger partial charge is 0.480 e. The van der Waals surface area contributed by atoms with Crippen molar-refractivity contribution in [3.05, 3.63) is 0 Å². The van der Waals surface area contributed by atoms with Crippen LogP contribution in [-0.4, -0.2) is 52.5 Å². The highest BCUT2D eigenvalue weighted by Gasteiger charge is 2.52. The predicted molar refractivity (Wildman–Crippen MR) is 110 cm³/mol. The number of fused-ring (bicyclic) bond motifs is 1. The third-order valence-corrected chi connectivity index (χ3v) is 7.29. The first-order chi connectivity index (χ1) is 13.6. The molecular formula is C22H37N3O4. The first-order valence-corrected chi connectivity index (χ1v) is 11.2. The Kier molecular flexibility index (Phi) is 6.56. The third kappa shape index (κ3) is 4.60. The molecule has 0 aromatic heterocycles. The van der Waals surface area contributed by atoms with Crippen LogP contribution in [0.2, 0.25) is 0 Å². The molecule has 5 atom stereocenters. The van der Waals surface area contributed by atoms with E-state index in [1.807, 2.05) is 20.8 Å². The van der Waals surface area contributed by atoms with Crippen molar-refractivity contribution < 1.29 is 19.5 Å². The number of amides is 2. The molecule has 1 heterocycles. The van der Waals surface area contributed by atoms with Crippen molar-refractivity contribution in [3.63, 3.8) is 0 Å². The number of hydrogen-bond acceptors (Lipinski definition) is 4. The Morgan fingerprint density at radius 1 is 1.03 bits per heavy atom. The van der Waals surface area contributed by atoms with Gasteiger partial charge in [0.1, 0.15) is 12.1 Å². The molecule has 164 valence electrons. The second kappa shape index (κ2) is 8.62. The number of carbonyl (C=O) groups excluding carboxylic acids is 2. The molecule has 7 heteroatoms. The van der Waals surface area contributed by atoms with Gasteiger partial charge in [-0.2, -0.15) is 0 Å². The Labute approximate surface area is 173 Å². The highest BCUT2D eigenvalue weighted by Crippen LogP contribution is 2.43. The molecule has 1 aliphatic heterocycles. The number of aliphatic carboxylic acids is 1. The van der Waals surface area contributed by atoms with Crippen molar-refractivity contribution in [2.24, 2.45) is 28.9 Å². The lowest BCUT2D eigenvalue weighted by molar-refractivity contribution is -0.152. The van der Waals surface area contributed by atoms with Gasteiger partial charge in [-0.05, 0) is 48.9 Å². The Hall–Kier alpha value is -1.63. The van der Waals surface area contributed by atoms with E-state index >= 15 is 0 Å². The fraction of sp³-hybridized carbons (Fsp3) is 0.864. The number of likely N-dealkylation sites (tertiary alicyclic amines) is 1. The van der Waals surface area contributed by atoms with Crippen LogP contribution in [0.3, 0.4) is 0 Å². The number of nitrogens with one attached hydrogen (secondary N) is 1. The summed E-state index contributed by atoms with van der Waals surface area (Å²) in [5, 5.41) is 12.7. The third-order valence-electron chi connectivity index (χ3n) is 7.29. The average Bonchev–Trinajstić information content (AvgIpc) is 3.25. The van der Waals surface area contributed by atoms with E-state index in [0.717, 1.165) is 44.9 Å². The number of carbonyl (C=O) groups is 3. The summed E-state index contributed by atoms with van der Waals surface area (Å²) in [6, 6.07) is -2.20. The van der Waals surface area contributed by atoms with Crippen LogP contribution < -0.4 is 11.1 Å². The van der Waals surface area contributed by atoms with Crippen LogP contribution >= 0.6 is 0 Å². The summed E-state index contributed by atoms with van der Waals surface area (Å²) in [7, 11) is 0. The van der Waals surface area contributed by atoms with Gasteiger partial charge in [0.05, 0.1) is 6.04 Å². The van der Waals surface area contributed by atoms with Crippen LogP contribution in [0.5, 0.6) is 0 Å². The van der Waals surface area contributed by atoms with E-state index in [9.17, 15) is 19.5 Å². The summed E-state index contributed by atoms with van der Waals surface area (Å²) in [5.74, 6) is -1.10. The highest BCUT2D eigenvalue weighted by molar-refractivity contribution is 5.93. The molecule has 0 bridgehead atoms. The molecule has 0 spiro atoms. The Balaban J connectivity index is 1.75. The molecule has 3 unspecified atom stereocenters. The van der Waals surface area contributed by atoms with E-state index in [-0.39, 0.29) is 29.6 Å². The molecule has 7 nitrogen and oxygen atoms in total. The van der Waals surface area contributed by atoms with Crippen molar-refractivity contribution >= 4 is 17.8 Å². The molecule has 2 amide bonds. The number of carboxylic acid groups (broad SMARTS) is 1. The van der Waals surface area contributed by atoms with E-state index in [4.69, 9.17) is 5.73 Å². The molecular weight excluding hydrogens is 370 g/mol. The number of hydrogen-bond donors (Lipinski definition) is 3. The van der Waals surface area contributed by atoms with Crippen LogP contribution in [-0.2, 0) is 14.4 Å². The van der Waals surface area contributed by atoms with Crippen LogP contribution in [0.25, 0.3) is 0 Å². The van der Waals surface area contributed by atoms with Gasteiger partial charge in [-0.15, -0.1) is 0 Å². The van der Waals surface area contributed by atoms with Crippen molar-refractivity contribution in [3.8, 4) is 0 Å². The van der Waals surface area contributed by atoms with E-state index in [1.165, 1.54) is 11.3 Å². The molecule has 4 N–H and O–H groups in total. The van der Waals surface area contributed by atoms with Crippen molar-refractivity contribution in [1.82, 2.24) is 10.2 Å². The number of rotatable bonds is 5.